The van der Waals surface area contributed by atoms with E-state index >= 15 is 0 Å². The molecule has 56 heavy (non-hydrogen) atoms. The van der Waals surface area contributed by atoms with Crippen molar-refractivity contribution in [3.05, 3.63) is 161 Å². The second-order valence-corrected chi connectivity index (χ2v) is 13.0. The summed E-state index contributed by atoms with van der Waals surface area (Å²) >= 11 is 17.5. The second-order valence-electron chi connectivity index (χ2n) is 12.0. The van der Waals surface area contributed by atoms with Crippen LogP contribution in [0.2, 0.25) is 15.9 Å². The summed E-state index contributed by atoms with van der Waals surface area (Å²) in [6.07, 6.45) is 0. The van der Waals surface area contributed by atoms with Crippen LogP contribution in [-0.2, 0) is 0 Å². The summed E-state index contributed by atoms with van der Waals surface area (Å²) in [5, 5.41) is 13.2. The molecule has 0 aliphatic rings. The van der Waals surface area contributed by atoms with Crippen molar-refractivity contribution in [1.29, 1.82) is 0 Å². The molecule has 0 amide bonds. The lowest BCUT2D eigenvalue weighted by molar-refractivity contribution is 0.453. The average Bonchev–Trinajstić information content (AvgIpc) is 3.79. The Morgan fingerprint density at radius 3 is 1.39 bits per heavy atom. The molecule has 0 saturated heterocycles. The molecule has 6 aromatic carbocycles. The third-order valence-corrected chi connectivity index (χ3v) is 8.94. The fraction of sp³-hybridized carbons (Fsp3) is 0. The van der Waals surface area contributed by atoms with Crippen LogP contribution in [0.4, 0.5) is 0 Å². The van der Waals surface area contributed by atoms with Crippen molar-refractivity contribution in [3.63, 3.8) is 0 Å². The molecule has 10 nitrogen and oxygen atoms in total. The van der Waals surface area contributed by atoms with E-state index in [0.717, 1.165) is 60.6 Å². The molecule has 4 aromatic heterocycles. The maximum absolute atomic E-state index is 8.55. The number of nitrogens with zero attached hydrogens (tertiary/aromatic N) is 6. The number of halogens is 3. The predicted molar refractivity (Wildman–Crippen MR) is 221 cm³/mol. The Balaban J connectivity index is 0.000000126. The van der Waals surface area contributed by atoms with Crippen LogP contribution in [-0.4, -0.2) is 42.6 Å². The Labute approximate surface area is 334 Å². The topological polar surface area (TPSA) is 133 Å². The molecular formula is C42H25BCl3N6O4. The highest BCUT2D eigenvalue weighted by Crippen LogP contribution is 2.33. The molecule has 1 radical (unpaired) electrons. The lowest BCUT2D eigenvalue weighted by Gasteiger charge is -2.04. The minimum Gasteiger partial charge on any atom is -0.537 e. The number of furan rings is 2. The zero-order chi connectivity index (χ0) is 38.4. The van der Waals surface area contributed by atoms with Gasteiger partial charge in [-0.2, -0.15) is 24.9 Å². The van der Waals surface area contributed by atoms with Gasteiger partial charge in [0, 0.05) is 44.3 Å². The molecule has 0 bridgehead atoms. The largest absolute Gasteiger partial charge is 0.569 e. The van der Waals surface area contributed by atoms with Gasteiger partial charge in [-0.15, -0.1) is 0 Å². The lowest BCUT2D eigenvalue weighted by atomic mass is 10.1. The molecule has 10 rings (SSSR count). The van der Waals surface area contributed by atoms with E-state index in [9.17, 15) is 0 Å². The van der Waals surface area contributed by atoms with Crippen molar-refractivity contribution in [2.45, 2.75) is 0 Å². The van der Waals surface area contributed by atoms with Crippen LogP contribution in [0.3, 0.4) is 0 Å². The summed E-state index contributed by atoms with van der Waals surface area (Å²) in [5.41, 5.74) is 5.84. The number of aromatic nitrogens is 6. The Morgan fingerprint density at radius 1 is 0.411 bits per heavy atom. The second kappa shape index (κ2) is 16.6. The number of rotatable bonds is 5. The van der Waals surface area contributed by atoms with Crippen LogP contribution in [0.25, 0.3) is 78.0 Å². The molecule has 0 unspecified atom stereocenters. The number of benzene rings is 6. The fourth-order valence-electron chi connectivity index (χ4n) is 5.94. The summed E-state index contributed by atoms with van der Waals surface area (Å²) in [6.45, 7) is 0. The quantitative estimate of drug-likeness (QED) is 0.168. The number of hydrogen-bond donors (Lipinski definition) is 1. The molecule has 10 aromatic rings. The molecule has 271 valence electrons. The smallest absolute Gasteiger partial charge is 0.537 e. The molecule has 0 saturated carbocycles. The molecule has 0 atom stereocenters. The Hall–Kier alpha value is -6.37. The SMILES string of the molecule is Clc1nc(-c2ccccc2)nc(-c2ccc3c(c2)oc2ccccc23)n1.Clc1nc(Cl)nc(-c2ccccc2)n1.O[B]Oc1ccc2c(c1)oc1ccccc12. The number of hydrogen-bond acceptors (Lipinski definition) is 10. The van der Waals surface area contributed by atoms with E-state index in [2.05, 4.69) is 29.9 Å². The maximum atomic E-state index is 8.55. The molecule has 0 fully saturated rings. The first kappa shape index (κ1) is 36.6. The van der Waals surface area contributed by atoms with Crippen LogP contribution in [0.5, 0.6) is 5.75 Å². The third kappa shape index (κ3) is 8.17. The molecule has 0 aliphatic heterocycles. The number of fused-ring (bicyclic) bond motifs is 6. The van der Waals surface area contributed by atoms with Gasteiger partial charge in [-0.25, -0.2) is 4.98 Å². The van der Waals surface area contributed by atoms with E-state index in [1.54, 1.807) is 12.1 Å². The normalized spacial score (nSPS) is 10.9. The zero-order valence-corrected chi connectivity index (χ0v) is 31.2. The van der Waals surface area contributed by atoms with Crippen molar-refractivity contribution in [2.24, 2.45) is 0 Å². The van der Waals surface area contributed by atoms with Gasteiger partial charge in [-0.3, -0.25) is 0 Å². The van der Waals surface area contributed by atoms with Gasteiger partial charge in [0.25, 0.3) is 0 Å². The number of para-hydroxylation sites is 2. The summed E-state index contributed by atoms with van der Waals surface area (Å²) < 4.78 is 16.5. The van der Waals surface area contributed by atoms with Crippen molar-refractivity contribution in [1.82, 2.24) is 29.9 Å². The van der Waals surface area contributed by atoms with Crippen molar-refractivity contribution >= 4 is 86.4 Å². The summed E-state index contributed by atoms with van der Waals surface area (Å²) in [7, 11) is 0.657. The van der Waals surface area contributed by atoms with Gasteiger partial charge in [0.05, 0.1) is 0 Å². The van der Waals surface area contributed by atoms with Gasteiger partial charge in [0.15, 0.2) is 17.5 Å². The van der Waals surface area contributed by atoms with Crippen molar-refractivity contribution in [3.8, 4) is 39.9 Å². The molecular weight excluding hydrogens is 770 g/mol. The van der Waals surface area contributed by atoms with Crippen molar-refractivity contribution < 1.29 is 18.5 Å². The predicted octanol–water partition coefficient (Wildman–Crippen LogP) is 11.1. The van der Waals surface area contributed by atoms with Gasteiger partial charge in [0.2, 0.25) is 15.9 Å². The summed E-state index contributed by atoms with van der Waals surface area (Å²) in [4.78, 5) is 24.7. The molecule has 0 spiro atoms. The van der Waals surface area contributed by atoms with Crippen molar-refractivity contribution in [2.75, 3.05) is 0 Å². The van der Waals surface area contributed by atoms with Crippen LogP contribution < -0.4 is 4.65 Å². The Morgan fingerprint density at radius 2 is 0.839 bits per heavy atom. The van der Waals surface area contributed by atoms with Gasteiger partial charge in [-0.05, 0) is 71.2 Å². The first-order valence-electron chi connectivity index (χ1n) is 17.0. The third-order valence-electron chi connectivity index (χ3n) is 8.43. The van der Waals surface area contributed by atoms with Gasteiger partial charge >= 0.3 is 7.69 Å². The summed E-state index contributed by atoms with van der Waals surface area (Å²) in [6, 6.07) is 46.4. The van der Waals surface area contributed by atoms with Gasteiger partial charge in [0.1, 0.15) is 28.1 Å². The fourth-order valence-corrected chi connectivity index (χ4v) is 6.47. The maximum Gasteiger partial charge on any atom is 0.569 e. The first-order chi connectivity index (χ1) is 27.4. The Kier molecular flexibility index (Phi) is 10.8. The highest BCUT2D eigenvalue weighted by atomic mass is 35.5. The van der Waals surface area contributed by atoms with E-state index in [1.165, 1.54) is 0 Å². The minimum absolute atomic E-state index is 0.101. The standard InChI is InChI=1S/C21H12ClN3O.C12H8BO3.C9H5Cl2N3/c22-21-24-19(13-6-2-1-3-7-13)23-20(25-21)14-10-11-16-15-8-4-5-9-17(15)26-18(16)12-14;14-13-16-8-5-6-10-9-3-1-2-4-11(9)15-12(10)7-8;10-8-12-7(13-9(11)14-8)6-4-2-1-3-5-6/h1-12H;1-7,14H;1-5H. The summed E-state index contributed by atoms with van der Waals surface area (Å²) in [5.74, 6) is 2.10. The van der Waals surface area contributed by atoms with E-state index in [-0.39, 0.29) is 15.9 Å². The Bertz CT molecular complexity index is 2930. The van der Waals surface area contributed by atoms with Crippen LogP contribution in [0.15, 0.2) is 154 Å². The van der Waals surface area contributed by atoms with E-state index in [1.807, 2.05) is 133 Å². The van der Waals surface area contributed by atoms with Crippen LogP contribution >= 0.6 is 34.8 Å². The molecule has 4 heterocycles. The van der Waals surface area contributed by atoms with Crippen LogP contribution in [0, 0.1) is 0 Å². The highest BCUT2D eigenvalue weighted by molar-refractivity contribution is 6.31. The van der Waals surface area contributed by atoms with Gasteiger partial charge < -0.3 is 18.5 Å². The molecule has 1 N–H and O–H groups in total. The monoisotopic (exact) mass is 793 g/mol. The van der Waals surface area contributed by atoms with E-state index < -0.39 is 0 Å². The van der Waals surface area contributed by atoms with Gasteiger partial charge in [-0.1, -0.05) is 103 Å². The average molecular weight is 795 g/mol. The molecule has 14 heteroatoms. The first-order valence-corrected chi connectivity index (χ1v) is 18.1. The highest BCUT2D eigenvalue weighted by Gasteiger charge is 2.13. The van der Waals surface area contributed by atoms with E-state index in [4.69, 9.17) is 53.3 Å². The van der Waals surface area contributed by atoms with E-state index in [0.29, 0.717) is 30.9 Å². The molecule has 0 aliphatic carbocycles. The minimum atomic E-state index is 0.101. The zero-order valence-electron chi connectivity index (χ0n) is 28.9. The van der Waals surface area contributed by atoms with Crippen LogP contribution in [0.1, 0.15) is 0 Å². The lowest BCUT2D eigenvalue weighted by Crippen LogP contribution is -1.98.